The SMILES string of the molecule is CC(C)c1noc(COc2ccc(Cl)cc2CO)n1. The molecule has 0 amide bonds. The van der Waals surface area contributed by atoms with Crippen molar-refractivity contribution in [1.29, 1.82) is 0 Å². The average molecular weight is 283 g/mol. The van der Waals surface area contributed by atoms with Gasteiger partial charge >= 0.3 is 0 Å². The van der Waals surface area contributed by atoms with E-state index in [-0.39, 0.29) is 19.1 Å². The van der Waals surface area contributed by atoms with Crippen molar-refractivity contribution in [2.45, 2.75) is 33.0 Å². The van der Waals surface area contributed by atoms with Gasteiger partial charge in [0, 0.05) is 16.5 Å². The van der Waals surface area contributed by atoms with Crippen LogP contribution in [0.25, 0.3) is 0 Å². The molecule has 2 rings (SSSR count). The van der Waals surface area contributed by atoms with Crippen molar-refractivity contribution in [3.05, 3.63) is 40.5 Å². The number of aliphatic hydroxyl groups excluding tert-OH is 1. The highest BCUT2D eigenvalue weighted by Gasteiger charge is 2.11. The molecule has 0 radical (unpaired) electrons. The number of halogens is 1. The van der Waals surface area contributed by atoms with Gasteiger partial charge in [-0.2, -0.15) is 4.98 Å². The second kappa shape index (κ2) is 6.04. The Labute approximate surface area is 116 Å². The molecule has 0 aliphatic heterocycles. The normalized spacial score (nSPS) is 11.0. The number of benzene rings is 1. The summed E-state index contributed by atoms with van der Waals surface area (Å²) in [6.45, 7) is 3.99. The molecule has 6 heteroatoms. The molecule has 0 fully saturated rings. The molecule has 1 N–H and O–H groups in total. The molecule has 19 heavy (non-hydrogen) atoms. The van der Waals surface area contributed by atoms with Crippen molar-refractivity contribution in [1.82, 2.24) is 10.1 Å². The topological polar surface area (TPSA) is 68.4 Å². The lowest BCUT2D eigenvalue weighted by Gasteiger charge is -2.08. The number of hydrogen-bond acceptors (Lipinski definition) is 5. The molecule has 5 nitrogen and oxygen atoms in total. The fourth-order valence-corrected chi connectivity index (χ4v) is 1.71. The van der Waals surface area contributed by atoms with Crippen LogP contribution in [0.4, 0.5) is 0 Å². The highest BCUT2D eigenvalue weighted by molar-refractivity contribution is 6.30. The Morgan fingerprint density at radius 1 is 1.42 bits per heavy atom. The minimum atomic E-state index is -0.142. The van der Waals surface area contributed by atoms with Gasteiger partial charge in [-0.25, -0.2) is 0 Å². The van der Waals surface area contributed by atoms with Crippen LogP contribution in [0.1, 0.15) is 37.0 Å². The van der Waals surface area contributed by atoms with Gasteiger partial charge in [0.05, 0.1) is 6.61 Å². The summed E-state index contributed by atoms with van der Waals surface area (Å²) in [7, 11) is 0. The number of aliphatic hydroxyl groups is 1. The van der Waals surface area contributed by atoms with Gasteiger partial charge in [-0.05, 0) is 18.2 Å². The van der Waals surface area contributed by atoms with Crippen molar-refractivity contribution >= 4 is 11.6 Å². The highest BCUT2D eigenvalue weighted by Crippen LogP contribution is 2.23. The Hall–Kier alpha value is -1.59. The molecule has 0 saturated heterocycles. The van der Waals surface area contributed by atoms with Gasteiger partial charge in [-0.15, -0.1) is 0 Å². The molecule has 0 spiro atoms. The summed E-state index contributed by atoms with van der Waals surface area (Å²) in [5.74, 6) is 1.82. The maximum Gasteiger partial charge on any atom is 0.264 e. The quantitative estimate of drug-likeness (QED) is 0.913. The van der Waals surface area contributed by atoms with Gasteiger partial charge in [-0.1, -0.05) is 30.6 Å². The molecule has 0 saturated carbocycles. The van der Waals surface area contributed by atoms with Crippen molar-refractivity contribution in [3.8, 4) is 5.75 Å². The fraction of sp³-hybridized carbons (Fsp3) is 0.385. The van der Waals surface area contributed by atoms with Crippen LogP contribution in [-0.4, -0.2) is 15.2 Å². The second-order valence-corrected chi connectivity index (χ2v) is 4.84. The van der Waals surface area contributed by atoms with Crippen molar-refractivity contribution in [2.24, 2.45) is 0 Å². The minimum absolute atomic E-state index is 0.142. The summed E-state index contributed by atoms with van der Waals surface area (Å²) < 4.78 is 10.6. The predicted molar refractivity (Wildman–Crippen MR) is 70.1 cm³/mol. The van der Waals surface area contributed by atoms with Crippen LogP contribution >= 0.6 is 11.6 Å². The molecular weight excluding hydrogens is 268 g/mol. The van der Waals surface area contributed by atoms with Crippen LogP contribution in [0.15, 0.2) is 22.7 Å². The van der Waals surface area contributed by atoms with Gasteiger partial charge in [0.2, 0.25) is 0 Å². The lowest BCUT2D eigenvalue weighted by molar-refractivity contribution is 0.228. The molecule has 102 valence electrons. The van der Waals surface area contributed by atoms with Gasteiger partial charge in [0.15, 0.2) is 12.4 Å². The molecular formula is C13H15ClN2O3. The largest absolute Gasteiger partial charge is 0.483 e. The zero-order valence-corrected chi connectivity index (χ0v) is 11.5. The van der Waals surface area contributed by atoms with Crippen molar-refractivity contribution in [2.75, 3.05) is 0 Å². The number of hydrogen-bond donors (Lipinski definition) is 1. The fourth-order valence-electron chi connectivity index (χ4n) is 1.51. The molecule has 0 unspecified atom stereocenters. The van der Waals surface area contributed by atoms with E-state index < -0.39 is 0 Å². The Morgan fingerprint density at radius 3 is 2.84 bits per heavy atom. The number of rotatable bonds is 5. The predicted octanol–water partition coefficient (Wildman–Crippen LogP) is 2.92. The molecule has 0 aliphatic rings. The van der Waals surface area contributed by atoms with E-state index in [1.807, 2.05) is 13.8 Å². The molecule has 0 atom stereocenters. The minimum Gasteiger partial charge on any atom is -0.483 e. The zero-order valence-electron chi connectivity index (χ0n) is 10.8. The molecule has 2 aromatic rings. The summed E-state index contributed by atoms with van der Waals surface area (Å²) in [5, 5.41) is 13.6. The first-order chi connectivity index (χ1) is 9.10. The van der Waals surface area contributed by atoms with Crippen LogP contribution in [0, 0.1) is 0 Å². The van der Waals surface area contributed by atoms with E-state index in [2.05, 4.69) is 10.1 Å². The number of nitrogens with zero attached hydrogens (tertiary/aromatic N) is 2. The molecule has 1 aromatic heterocycles. The van der Waals surface area contributed by atoms with Gasteiger partial charge in [0.1, 0.15) is 5.75 Å². The Bertz CT molecular complexity index is 555. The van der Waals surface area contributed by atoms with E-state index >= 15 is 0 Å². The van der Waals surface area contributed by atoms with Gasteiger partial charge < -0.3 is 14.4 Å². The molecule has 1 aromatic carbocycles. The van der Waals surface area contributed by atoms with Crippen LogP contribution in [0.3, 0.4) is 0 Å². The highest BCUT2D eigenvalue weighted by atomic mass is 35.5. The summed E-state index contributed by atoms with van der Waals surface area (Å²) >= 11 is 5.84. The maximum atomic E-state index is 9.23. The first-order valence-corrected chi connectivity index (χ1v) is 6.32. The first kappa shape index (κ1) is 13.8. The monoisotopic (exact) mass is 282 g/mol. The average Bonchev–Trinajstić information content (AvgIpc) is 2.86. The Morgan fingerprint density at radius 2 is 2.21 bits per heavy atom. The summed E-state index contributed by atoms with van der Waals surface area (Å²) in [4.78, 5) is 4.21. The second-order valence-electron chi connectivity index (χ2n) is 4.40. The third-order valence-corrected chi connectivity index (χ3v) is 2.78. The van der Waals surface area contributed by atoms with E-state index in [9.17, 15) is 5.11 Å². The van der Waals surface area contributed by atoms with Crippen LogP contribution in [0.5, 0.6) is 5.75 Å². The molecule has 1 heterocycles. The van der Waals surface area contributed by atoms with E-state index in [0.717, 1.165) is 0 Å². The Balaban J connectivity index is 2.05. The maximum absolute atomic E-state index is 9.23. The Kier molecular flexibility index (Phi) is 4.39. The standard InChI is InChI=1S/C13H15ClN2O3/c1-8(2)13-15-12(19-16-13)7-18-11-4-3-10(14)5-9(11)6-17/h3-5,8,17H,6-7H2,1-2H3. The lowest BCUT2D eigenvalue weighted by Crippen LogP contribution is -1.99. The smallest absolute Gasteiger partial charge is 0.264 e. The molecule has 0 aliphatic carbocycles. The molecule has 0 bridgehead atoms. The van der Waals surface area contributed by atoms with Crippen LogP contribution in [-0.2, 0) is 13.2 Å². The van der Waals surface area contributed by atoms with Crippen LogP contribution in [0.2, 0.25) is 5.02 Å². The van der Waals surface area contributed by atoms with Crippen molar-refractivity contribution < 1.29 is 14.4 Å². The third kappa shape index (κ3) is 3.45. The van der Waals surface area contributed by atoms with E-state index in [0.29, 0.717) is 28.1 Å². The summed E-state index contributed by atoms with van der Waals surface area (Å²) in [5.41, 5.74) is 0.621. The first-order valence-electron chi connectivity index (χ1n) is 5.94. The number of ether oxygens (including phenoxy) is 1. The van der Waals surface area contributed by atoms with E-state index in [1.54, 1.807) is 18.2 Å². The third-order valence-electron chi connectivity index (χ3n) is 2.54. The van der Waals surface area contributed by atoms with Gasteiger partial charge in [0.25, 0.3) is 5.89 Å². The zero-order chi connectivity index (χ0) is 13.8. The summed E-state index contributed by atoms with van der Waals surface area (Å²) in [6.07, 6.45) is 0. The summed E-state index contributed by atoms with van der Waals surface area (Å²) in [6, 6.07) is 5.06. The lowest BCUT2D eigenvalue weighted by atomic mass is 10.2. The van der Waals surface area contributed by atoms with E-state index in [1.165, 1.54) is 0 Å². The number of aromatic nitrogens is 2. The van der Waals surface area contributed by atoms with Gasteiger partial charge in [-0.3, -0.25) is 0 Å². The van der Waals surface area contributed by atoms with Crippen molar-refractivity contribution in [3.63, 3.8) is 0 Å². The van der Waals surface area contributed by atoms with E-state index in [4.69, 9.17) is 20.9 Å². The van der Waals surface area contributed by atoms with Crippen LogP contribution < -0.4 is 4.74 Å².